The molecule has 0 radical (unpaired) electrons. The molecule has 0 aliphatic rings. The quantitative estimate of drug-likeness (QED) is 0.702. The van der Waals surface area contributed by atoms with Crippen LogP contribution < -0.4 is 15.4 Å². The van der Waals surface area contributed by atoms with Crippen LogP contribution in [0, 0.1) is 12.3 Å². The molecule has 0 spiro atoms. The number of carboxylic acids is 1. The third-order valence-corrected chi connectivity index (χ3v) is 2.88. The first-order valence-corrected chi connectivity index (χ1v) is 6.44. The molecule has 1 aromatic carbocycles. The molecule has 1 aromatic rings. The summed E-state index contributed by atoms with van der Waals surface area (Å²) in [4.78, 5) is 22.8. The molecule has 1 unspecified atom stereocenters. The van der Waals surface area contributed by atoms with Gasteiger partial charge in [0.15, 0.2) is 0 Å². The average Bonchev–Trinajstić information content (AvgIpc) is 2.46. The average molecular weight is 290 g/mol. The van der Waals surface area contributed by atoms with Crippen LogP contribution >= 0.6 is 0 Å². The highest BCUT2D eigenvalue weighted by atomic mass is 16.5. The molecular formula is C15H18N2O4. The molecule has 0 fully saturated rings. The van der Waals surface area contributed by atoms with Gasteiger partial charge in [-0.25, -0.2) is 9.59 Å². The summed E-state index contributed by atoms with van der Waals surface area (Å²) < 4.78 is 4.99. The van der Waals surface area contributed by atoms with Crippen LogP contribution in [0.25, 0.3) is 0 Å². The lowest BCUT2D eigenvalue weighted by atomic mass is 10.1. The number of carboxylic acid groups (broad SMARTS) is 1. The second-order valence-corrected chi connectivity index (χ2v) is 4.33. The Labute approximate surface area is 123 Å². The van der Waals surface area contributed by atoms with Crippen LogP contribution in [0.15, 0.2) is 18.2 Å². The maximum Gasteiger partial charge on any atom is 0.339 e. The van der Waals surface area contributed by atoms with Crippen molar-refractivity contribution in [3.63, 3.8) is 0 Å². The molecule has 0 aromatic heterocycles. The molecule has 1 rings (SSSR count). The standard InChI is InChI=1S/C15H18N2O4/c1-4-6-10(5-2)16-15(20)17-11-7-8-12(14(18)19)13(9-11)21-3/h1,7-10H,5-6H2,2-3H3,(H,18,19)(H2,16,17,20). The Hall–Kier alpha value is -2.68. The molecule has 112 valence electrons. The van der Waals surface area contributed by atoms with Gasteiger partial charge in [0, 0.05) is 24.2 Å². The normalized spacial score (nSPS) is 11.1. The maximum atomic E-state index is 11.8. The van der Waals surface area contributed by atoms with Gasteiger partial charge in [-0.2, -0.15) is 0 Å². The zero-order chi connectivity index (χ0) is 15.8. The van der Waals surface area contributed by atoms with E-state index in [1.165, 1.54) is 25.3 Å². The number of amides is 2. The Bertz CT molecular complexity index is 563. The SMILES string of the molecule is C#CCC(CC)NC(=O)Nc1ccc(C(=O)O)c(OC)c1. The number of aromatic carboxylic acids is 1. The van der Waals surface area contributed by atoms with Crippen molar-refractivity contribution >= 4 is 17.7 Å². The fourth-order valence-electron chi connectivity index (χ4n) is 1.74. The molecule has 0 saturated carbocycles. The minimum atomic E-state index is -1.09. The third-order valence-electron chi connectivity index (χ3n) is 2.88. The molecule has 6 heteroatoms. The predicted octanol–water partition coefficient (Wildman–Crippen LogP) is 2.32. The fourth-order valence-corrected chi connectivity index (χ4v) is 1.74. The van der Waals surface area contributed by atoms with Crippen molar-refractivity contribution < 1.29 is 19.4 Å². The van der Waals surface area contributed by atoms with Crippen molar-refractivity contribution in [2.75, 3.05) is 12.4 Å². The zero-order valence-corrected chi connectivity index (χ0v) is 12.0. The molecule has 0 aliphatic heterocycles. The summed E-state index contributed by atoms with van der Waals surface area (Å²) in [5.41, 5.74) is 0.465. The molecule has 21 heavy (non-hydrogen) atoms. The summed E-state index contributed by atoms with van der Waals surface area (Å²) in [5.74, 6) is 1.58. The van der Waals surface area contributed by atoms with E-state index < -0.39 is 12.0 Å². The van der Waals surface area contributed by atoms with E-state index in [0.29, 0.717) is 12.1 Å². The van der Waals surface area contributed by atoms with E-state index in [-0.39, 0.29) is 17.4 Å². The minimum absolute atomic E-state index is 0.0298. The van der Waals surface area contributed by atoms with Crippen molar-refractivity contribution in [3.05, 3.63) is 23.8 Å². The van der Waals surface area contributed by atoms with Crippen LogP contribution in [-0.4, -0.2) is 30.3 Å². The van der Waals surface area contributed by atoms with Crippen molar-refractivity contribution in [2.24, 2.45) is 0 Å². The number of nitrogens with one attached hydrogen (secondary N) is 2. The highest BCUT2D eigenvalue weighted by Gasteiger charge is 2.13. The van der Waals surface area contributed by atoms with Gasteiger partial charge in [-0.3, -0.25) is 0 Å². The summed E-state index contributed by atoms with van der Waals surface area (Å²) in [5, 5.41) is 14.3. The summed E-state index contributed by atoms with van der Waals surface area (Å²) in [6, 6.07) is 3.81. The van der Waals surface area contributed by atoms with Crippen molar-refractivity contribution in [1.29, 1.82) is 0 Å². The van der Waals surface area contributed by atoms with E-state index in [1.54, 1.807) is 0 Å². The molecule has 6 nitrogen and oxygen atoms in total. The van der Waals surface area contributed by atoms with Crippen molar-refractivity contribution in [3.8, 4) is 18.1 Å². The van der Waals surface area contributed by atoms with E-state index in [2.05, 4.69) is 16.6 Å². The number of hydrogen-bond donors (Lipinski definition) is 3. The van der Waals surface area contributed by atoms with Gasteiger partial charge in [0.05, 0.1) is 7.11 Å². The number of carbonyl (C=O) groups excluding carboxylic acids is 1. The predicted molar refractivity (Wildman–Crippen MR) is 79.6 cm³/mol. The van der Waals surface area contributed by atoms with Gasteiger partial charge in [0.2, 0.25) is 0 Å². The van der Waals surface area contributed by atoms with E-state index in [4.69, 9.17) is 16.3 Å². The fraction of sp³-hybridized carbons (Fsp3) is 0.333. The third kappa shape index (κ3) is 4.73. The van der Waals surface area contributed by atoms with Gasteiger partial charge >= 0.3 is 12.0 Å². The summed E-state index contributed by atoms with van der Waals surface area (Å²) in [6.45, 7) is 1.92. The lowest BCUT2D eigenvalue weighted by Crippen LogP contribution is -2.37. The second-order valence-electron chi connectivity index (χ2n) is 4.33. The number of methoxy groups -OCH3 is 1. The van der Waals surface area contributed by atoms with Crippen LogP contribution in [0.2, 0.25) is 0 Å². The number of carbonyl (C=O) groups is 2. The summed E-state index contributed by atoms with van der Waals surface area (Å²) >= 11 is 0. The smallest absolute Gasteiger partial charge is 0.339 e. The number of urea groups is 1. The summed E-state index contributed by atoms with van der Waals surface area (Å²) in [7, 11) is 1.37. The lowest BCUT2D eigenvalue weighted by Gasteiger charge is -2.15. The van der Waals surface area contributed by atoms with Gasteiger partial charge in [-0.1, -0.05) is 6.92 Å². The highest BCUT2D eigenvalue weighted by Crippen LogP contribution is 2.23. The Morgan fingerprint density at radius 2 is 2.19 bits per heavy atom. The number of terminal acetylenes is 1. The Morgan fingerprint density at radius 3 is 2.71 bits per heavy atom. The van der Waals surface area contributed by atoms with E-state index in [0.717, 1.165) is 6.42 Å². The highest BCUT2D eigenvalue weighted by molar-refractivity contribution is 5.94. The molecule has 0 saturated heterocycles. The van der Waals surface area contributed by atoms with Gasteiger partial charge in [-0.05, 0) is 18.6 Å². The zero-order valence-electron chi connectivity index (χ0n) is 12.0. The van der Waals surface area contributed by atoms with Crippen molar-refractivity contribution in [2.45, 2.75) is 25.8 Å². The maximum absolute atomic E-state index is 11.8. The second kappa shape index (κ2) is 7.80. The first-order valence-electron chi connectivity index (χ1n) is 6.44. The molecule has 0 aliphatic carbocycles. The molecule has 0 bridgehead atoms. The molecule has 0 heterocycles. The van der Waals surface area contributed by atoms with Crippen LogP contribution in [0.1, 0.15) is 30.1 Å². The largest absolute Gasteiger partial charge is 0.496 e. The lowest BCUT2D eigenvalue weighted by molar-refractivity contribution is 0.0693. The first-order chi connectivity index (χ1) is 10.0. The van der Waals surface area contributed by atoms with Crippen LogP contribution in [0.5, 0.6) is 5.75 Å². The van der Waals surface area contributed by atoms with Gasteiger partial charge in [0.25, 0.3) is 0 Å². The van der Waals surface area contributed by atoms with E-state index >= 15 is 0 Å². The molecular weight excluding hydrogens is 272 g/mol. The Balaban J connectivity index is 2.77. The molecule has 2 amide bonds. The number of anilines is 1. The Kier molecular flexibility index (Phi) is 6.08. The van der Waals surface area contributed by atoms with Gasteiger partial charge in [-0.15, -0.1) is 12.3 Å². The minimum Gasteiger partial charge on any atom is -0.496 e. The van der Waals surface area contributed by atoms with E-state index in [1.807, 2.05) is 6.92 Å². The van der Waals surface area contributed by atoms with Crippen molar-refractivity contribution in [1.82, 2.24) is 5.32 Å². The van der Waals surface area contributed by atoms with Crippen LogP contribution in [0.4, 0.5) is 10.5 Å². The Morgan fingerprint density at radius 1 is 1.48 bits per heavy atom. The number of benzene rings is 1. The van der Waals surface area contributed by atoms with Crippen LogP contribution in [-0.2, 0) is 0 Å². The first kappa shape index (κ1) is 16.4. The van der Waals surface area contributed by atoms with Crippen LogP contribution in [0.3, 0.4) is 0 Å². The van der Waals surface area contributed by atoms with Gasteiger partial charge in [0.1, 0.15) is 11.3 Å². The van der Waals surface area contributed by atoms with Gasteiger partial charge < -0.3 is 20.5 Å². The monoisotopic (exact) mass is 290 g/mol. The molecule has 1 atom stereocenters. The number of ether oxygens (including phenoxy) is 1. The van der Waals surface area contributed by atoms with E-state index in [9.17, 15) is 9.59 Å². The number of hydrogen-bond acceptors (Lipinski definition) is 3. The summed E-state index contributed by atoms with van der Waals surface area (Å²) in [6.07, 6.45) is 6.39. The topological polar surface area (TPSA) is 87.7 Å². The number of rotatable bonds is 6. The molecule has 3 N–H and O–H groups in total.